The molecule has 0 bridgehead atoms. The van der Waals surface area contributed by atoms with Crippen LogP contribution in [0.1, 0.15) is 24.2 Å². The Morgan fingerprint density at radius 3 is 2.81 bits per heavy atom. The van der Waals surface area contributed by atoms with Gasteiger partial charge in [0.25, 0.3) is 0 Å². The van der Waals surface area contributed by atoms with E-state index in [0.29, 0.717) is 5.69 Å². The third kappa shape index (κ3) is 2.90. The van der Waals surface area contributed by atoms with E-state index < -0.39 is 35.6 Å². The predicted molar refractivity (Wildman–Crippen MR) is 109 cm³/mol. The number of Topliss-reactive ketones (excluding diaryl/α,β-unsaturated/α-hetero) is 1. The quantitative estimate of drug-likeness (QED) is 0.534. The number of halogens is 1. The zero-order valence-electron chi connectivity index (χ0n) is 17.5. The molecule has 5 rings (SSSR count). The van der Waals surface area contributed by atoms with Crippen molar-refractivity contribution in [1.82, 2.24) is 0 Å². The van der Waals surface area contributed by atoms with E-state index in [-0.39, 0.29) is 67.5 Å². The molecule has 3 unspecified atom stereocenters. The number of aliphatic carboxylic acids is 1. The van der Waals surface area contributed by atoms with Crippen molar-refractivity contribution in [1.29, 1.82) is 0 Å². The van der Waals surface area contributed by atoms with Crippen LogP contribution in [0.25, 0.3) is 0 Å². The Bertz CT molecular complexity index is 1060. The van der Waals surface area contributed by atoms with Gasteiger partial charge in [-0.25, -0.2) is 9.18 Å². The highest BCUT2D eigenvalue weighted by atomic mass is 19.1. The molecule has 11 heteroatoms. The number of ether oxygens (including phenoxy) is 2. The Hall–Kier alpha value is -3.37. The highest BCUT2D eigenvalue weighted by Crippen LogP contribution is 2.50. The Morgan fingerprint density at radius 1 is 1.31 bits per heavy atom. The first-order chi connectivity index (χ1) is 15.3. The molecule has 4 aliphatic rings. The summed E-state index contributed by atoms with van der Waals surface area (Å²) < 4.78 is 26.3. The predicted octanol–water partition coefficient (Wildman–Crippen LogP) is 1.06. The van der Waals surface area contributed by atoms with Crippen molar-refractivity contribution in [2.45, 2.75) is 26.0 Å². The molecular formula is C21H22FN3O7. The molecule has 1 saturated heterocycles. The number of rotatable bonds is 4. The molecule has 170 valence electrons. The summed E-state index contributed by atoms with van der Waals surface area (Å²) in [5.41, 5.74) is 0.765. The normalized spacial score (nSPS) is 27.8. The lowest BCUT2D eigenvalue weighted by atomic mass is 9.88. The highest BCUT2D eigenvalue weighted by Gasteiger charge is 2.49. The maximum Gasteiger partial charge on any atom is 0.356 e. The minimum absolute atomic E-state index is 0.00219. The molecule has 4 atom stereocenters. The van der Waals surface area contributed by atoms with E-state index in [0.717, 1.165) is 6.07 Å². The number of nitrogens with zero attached hydrogens (tertiary/aromatic N) is 3. The second kappa shape index (κ2) is 7.35. The molecule has 0 spiro atoms. The molecule has 0 aliphatic carbocycles. The lowest BCUT2D eigenvalue weighted by molar-refractivity contribution is -0.140. The fourth-order valence-corrected chi connectivity index (χ4v) is 4.87. The average molecular weight is 447 g/mol. The first-order valence-electron chi connectivity index (χ1n) is 10.5. The van der Waals surface area contributed by atoms with Gasteiger partial charge < -0.3 is 29.2 Å². The van der Waals surface area contributed by atoms with Gasteiger partial charge >= 0.3 is 11.9 Å². The summed E-state index contributed by atoms with van der Waals surface area (Å²) in [4.78, 5) is 45.5. The van der Waals surface area contributed by atoms with Crippen LogP contribution in [0.4, 0.5) is 15.8 Å². The minimum atomic E-state index is -1.26. The lowest BCUT2D eigenvalue weighted by Gasteiger charge is -2.43. The van der Waals surface area contributed by atoms with Crippen LogP contribution in [0.5, 0.6) is 5.75 Å². The van der Waals surface area contributed by atoms with E-state index in [4.69, 9.17) is 14.3 Å². The lowest BCUT2D eigenvalue weighted by Crippen LogP contribution is -2.51. The molecule has 0 saturated carbocycles. The zero-order valence-corrected chi connectivity index (χ0v) is 17.5. The van der Waals surface area contributed by atoms with Crippen LogP contribution in [-0.4, -0.2) is 73.5 Å². The minimum Gasteiger partial charge on any atom is -0.487 e. The Balaban J connectivity index is 1.53. The smallest absolute Gasteiger partial charge is 0.356 e. The van der Waals surface area contributed by atoms with Crippen LogP contribution in [0, 0.1) is 17.7 Å². The van der Waals surface area contributed by atoms with Gasteiger partial charge in [0, 0.05) is 18.7 Å². The molecule has 32 heavy (non-hydrogen) atoms. The first kappa shape index (κ1) is 20.5. The molecule has 10 nitrogen and oxygen atoms in total. The summed E-state index contributed by atoms with van der Waals surface area (Å²) in [6, 6.07) is 0.910. The van der Waals surface area contributed by atoms with Crippen LogP contribution < -0.4 is 14.5 Å². The number of benzene rings is 1. The molecule has 1 N–H and O–H groups in total. The van der Waals surface area contributed by atoms with E-state index in [1.807, 2.05) is 6.92 Å². The van der Waals surface area contributed by atoms with E-state index in [1.54, 1.807) is 16.7 Å². The molecule has 4 aliphatic heterocycles. The summed E-state index contributed by atoms with van der Waals surface area (Å²) in [5.74, 6) is -4.55. The highest BCUT2D eigenvalue weighted by molar-refractivity contribution is 6.37. The summed E-state index contributed by atoms with van der Waals surface area (Å²) in [6.07, 6.45) is -0.436. The standard InChI is InChI=1S/C21H22FN3O7/c1-3-30-21(29)15-11-5-24(7-14(11)32-23-15)17-13(22)4-10-16-19(17)31-8-9(2)25(16)6-12(18(10)26)20(27)28/h4,9,11-12,14H,3,5-8H2,1-2H3,(H,27,28)/t9-,11?,12?,14?/m0/s1. The molecule has 1 aromatic carbocycles. The van der Waals surface area contributed by atoms with Crippen LogP contribution >= 0.6 is 0 Å². The maximum absolute atomic E-state index is 15.4. The summed E-state index contributed by atoms with van der Waals surface area (Å²) in [6.45, 7) is 4.50. The van der Waals surface area contributed by atoms with Crippen LogP contribution in [0.2, 0.25) is 0 Å². The van der Waals surface area contributed by atoms with Gasteiger partial charge in [-0.3, -0.25) is 9.59 Å². The Kier molecular flexibility index (Phi) is 4.72. The van der Waals surface area contributed by atoms with Gasteiger partial charge in [0.1, 0.15) is 18.2 Å². The van der Waals surface area contributed by atoms with Crippen molar-refractivity contribution in [2.24, 2.45) is 17.0 Å². The molecule has 0 amide bonds. The van der Waals surface area contributed by atoms with Gasteiger partial charge in [-0.2, -0.15) is 0 Å². The van der Waals surface area contributed by atoms with Crippen molar-refractivity contribution in [2.75, 3.05) is 42.6 Å². The molecule has 1 aromatic rings. The monoisotopic (exact) mass is 447 g/mol. The third-order valence-electron chi connectivity index (χ3n) is 6.43. The van der Waals surface area contributed by atoms with Crippen molar-refractivity contribution in [3.63, 3.8) is 0 Å². The molecule has 4 heterocycles. The zero-order chi connectivity index (χ0) is 22.7. The van der Waals surface area contributed by atoms with Crippen molar-refractivity contribution >= 4 is 34.8 Å². The number of hydrogen-bond donors (Lipinski definition) is 1. The largest absolute Gasteiger partial charge is 0.487 e. The number of esters is 1. The van der Waals surface area contributed by atoms with Gasteiger partial charge in [-0.15, -0.1) is 0 Å². The summed E-state index contributed by atoms with van der Waals surface area (Å²) >= 11 is 0. The topological polar surface area (TPSA) is 118 Å². The van der Waals surface area contributed by atoms with Gasteiger partial charge in [0.2, 0.25) is 0 Å². The van der Waals surface area contributed by atoms with E-state index in [1.165, 1.54) is 0 Å². The number of carboxylic acid groups (broad SMARTS) is 1. The van der Waals surface area contributed by atoms with Gasteiger partial charge in [0.15, 0.2) is 29.2 Å². The maximum atomic E-state index is 15.4. The van der Waals surface area contributed by atoms with Gasteiger partial charge in [-0.1, -0.05) is 5.16 Å². The average Bonchev–Trinajstić information content (AvgIpc) is 3.32. The van der Waals surface area contributed by atoms with E-state index in [2.05, 4.69) is 5.16 Å². The van der Waals surface area contributed by atoms with Crippen molar-refractivity contribution in [3.8, 4) is 5.75 Å². The van der Waals surface area contributed by atoms with Gasteiger partial charge in [0.05, 0.1) is 30.8 Å². The summed E-state index contributed by atoms with van der Waals surface area (Å²) in [5, 5.41) is 13.3. The number of fused-ring (bicyclic) bond motifs is 1. The second-order valence-corrected chi connectivity index (χ2v) is 8.35. The van der Waals surface area contributed by atoms with Crippen LogP contribution in [0.3, 0.4) is 0 Å². The van der Waals surface area contributed by atoms with E-state index >= 15 is 4.39 Å². The first-order valence-corrected chi connectivity index (χ1v) is 10.5. The molecule has 1 fully saturated rings. The SMILES string of the molecule is CCOC(=O)C1=NOC2CN(c3c(F)cc4c5c3OC[C@H](C)N5CC(C(=O)O)C4=O)CC12. The van der Waals surface area contributed by atoms with E-state index in [9.17, 15) is 19.5 Å². The number of oxime groups is 1. The number of carboxylic acids is 1. The number of hydrogen-bond acceptors (Lipinski definition) is 9. The number of carbonyl (C=O) groups is 3. The fourth-order valence-electron chi connectivity index (χ4n) is 4.87. The van der Waals surface area contributed by atoms with Crippen LogP contribution in [-0.2, 0) is 19.2 Å². The number of carbonyl (C=O) groups excluding carboxylic acids is 2. The van der Waals surface area contributed by atoms with Gasteiger partial charge in [-0.05, 0) is 19.9 Å². The van der Waals surface area contributed by atoms with Crippen molar-refractivity contribution in [3.05, 3.63) is 17.4 Å². The molecule has 0 aromatic heterocycles. The third-order valence-corrected chi connectivity index (χ3v) is 6.43. The Morgan fingerprint density at radius 2 is 2.09 bits per heavy atom. The number of anilines is 2. The number of ketones is 1. The summed E-state index contributed by atoms with van der Waals surface area (Å²) in [7, 11) is 0. The molecule has 0 radical (unpaired) electrons. The molecular weight excluding hydrogens is 425 g/mol. The Labute approximate surface area is 182 Å². The fraction of sp³-hybridized carbons (Fsp3) is 0.524. The second-order valence-electron chi connectivity index (χ2n) is 8.35. The van der Waals surface area contributed by atoms with Crippen LogP contribution in [0.15, 0.2) is 11.2 Å². The van der Waals surface area contributed by atoms with Crippen molar-refractivity contribution < 1.29 is 38.2 Å².